The van der Waals surface area contributed by atoms with E-state index in [4.69, 9.17) is 17.0 Å². The Balaban J connectivity index is 1.76. The highest BCUT2D eigenvalue weighted by Crippen LogP contribution is 2.33. The van der Waals surface area contributed by atoms with Crippen LogP contribution in [0.4, 0.5) is 14.5 Å². The molecule has 1 N–H and O–H groups in total. The summed E-state index contributed by atoms with van der Waals surface area (Å²) >= 11 is 5.68. The Hall–Kier alpha value is -2.41. The van der Waals surface area contributed by atoms with Crippen LogP contribution in [0.1, 0.15) is 29.5 Å². The van der Waals surface area contributed by atoms with Crippen molar-refractivity contribution >= 4 is 23.0 Å². The van der Waals surface area contributed by atoms with Gasteiger partial charge in [-0.2, -0.15) is 8.78 Å². The number of hydrogen-bond acceptors (Lipinski definition) is 3. The van der Waals surface area contributed by atoms with Gasteiger partial charge in [-0.05, 0) is 73.8 Å². The fraction of sp³-hybridized carbons (Fsp3) is 0.381. The lowest BCUT2D eigenvalue weighted by Gasteiger charge is -2.27. The first-order valence-electron chi connectivity index (χ1n) is 9.14. The number of aryl methyl sites for hydroxylation is 1. The normalized spacial score (nSPS) is 13.4. The number of nitrogens with one attached hydrogen (secondary N) is 1. The molecule has 4 nitrogen and oxygen atoms in total. The minimum atomic E-state index is -2.89. The van der Waals surface area contributed by atoms with Crippen LogP contribution in [0.15, 0.2) is 36.4 Å². The van der Waals surface area contributed by atoms with Gasteiger partial charge in [0.25, 0.3) is 0 Å². The lowest BCUT2D eigenvalue weighted by atomic mass is 10.1. The van der Waals surface area contributed by atoms with Gasteiger partial charge in [-0.15, -0.1) is 0 Å². The molecule has 150 valence electrons. The Morgan fingerprint density at radius 2 is 1.96 bits per heavy atom. The van der Waals surface area contributed by atoms with Gasteiger partial charge >= 0.3 is 6.61 Å². The molecular formula is C21H24F2N2O2S. The van der Waals surface area contributed by atoms with E-state index in [1.54, 1.807) is 12.1 Å². The molecule has 28 heavy (non-hydrogen) atoms. The summed E-state index contributed by atoms with van der Waals surface area (Å²) in [7, 11) is 1.43. The summed E-state index contributed by atoms with van der Waals surface area (Å²) in [6.07, 6.45) is 2.16. The first kappa shape index (κ1) is 20.3. The summed E-state index contributed by atoms with van der Waals surface area (Å²) in [6.45, 7) is 1.80. The Bertz CT molecular complexity index is 856. The largest absolute Gasteiger partial charge is 0.493 e. The van der Waals surface area contributed by atoms with Crippen molar-refractivity contribution < 1.29 is 18.3 Å². The van der Waals surface area contributed by atoms with Gasteiger partial charge in [-0.3, -0.25) is 0 Å². The Morgan fingerprint density at radius 3 is 2.61 bits per heavy atom. The molecule has 1 fully saturated rings. The third-order valence-corrected chi connectivity index (χ3v) is 5.23. The Labute approximate surface area is 169 Å². The number of nitrogens with zero attached hydrogens (tertiary/aromatic N) is 1. The van der Waals surface area contributed by atoms with E-state index in [1.165, 1.54) is 18.7 Å². The fourth-order valence-electron chi connectivity index (χ4n) is 3.03. The molecule has 7 heteroatoms. The van der Waals surface area contributed by atoms with E-state index in [-0.39, 0.29) is 11.5 Å². The second-order valence-corrected chi connectivity index (χ2v) is 7.29. The standard InChI is InChI=1S/C21H24F2N2O2S/c1-13-5-4-6-17(14(13)2)24-21(28)25(16-8-9-16)12-15-7-10-18(27-20(22)23)19(11-15)26-3/h4-7,10-11,16,20H,8-9,12H2,1-3H3,(H,24,28). The molecule has 1 saturated carbocycles. The van der Waals surface area contributed by atoms with E-state index in [0.29, 0.717) is 17.7 Å². The van der Waals surface area contributed by atoms with E-state index in [9.17, 15) is 8.78 Å². The number of thiocarbonyl (C=S) groups is 1. The maximum atomic E-state index is 12.5. The van der Waals surface area contributed by atoms with Crippen LogP contribution in [0.25, 0.3) is 0 Å². The van der Waals surface area contributed by atoms with Crippen LogP contribution in [-0.4, -0.2) is 29.8 Å². The van der Waals surface area contributed by atoms with Gasteiger partial charge in [-0.25, -0.2) is 0 Å². The highest BCUT2D eigenvalue weighted by Gasteiger charge is 2.31. The molecule has 0 saturated heterocycles. The highest BCUT2D eigenvalue weighted by molar-refractivity contribution is 7.80. The van der Waals surface area contributed by atoms with Gasteiger partial charge in [0.15, 0.2) is 16.6 Å². The van der Waals surface area contributed by atoms with Crippen molar-refractivity contribution in [3.05, 3.63) is 53.1 Å². The average molecular weight is 406 g/mol. The second-order valence-electron chi connectivity index (χ2n) is 6.90. The lowest BCUT2D eigenvalue weighted by Crippen LogP contribution is -2.36. The molecule has 0 atom stereocenters. The fourth-order valence-corrected chi connectivity index (χ4v) is 3.35. The van der Waals surface area contributed by atoms with E-state index >= 15 is 0 Å². The summed E-state index contributed by atoms with van der Waals surface area (Å²) in [5.41, 5.74) is 4.27. The molecule has 0 bridgehead atoms. The molecule has 3 rings (SSSR count). The van der Waals surface area contributed by atoms with Gasteiger partial charge in [-0.1, -0.05) is 18.2 Å². The van der Waals surface area contributed by atoms with Crippen molar-refractivity contribution in [2.75, 3.05) is 12.4 Å². The van der Waals surface area contributed by atoms with Crippen LogP contribution in [0, 0.1) is 13.8 Å². The topological polar surface area (TPSA) is 33.7 Å². The smallest absolute Gasteiger partial charge is 0.387 e. The maximum Gasteiger partial charge on any atom is 0.387 e. The zero-order valence-electron chi connectivity index (χ0n) is 16.2. The molecule has 0 aliphatic heterocycles. The average Bonchev–Trinajstić information content (AvgIpc) is 3.49. The quantitative estimate of drug-likeness (QED) is 0.633. The van der Waals surface area contributed by atoms with Crippen molar-refractivity contribution in [3.63, 3.8) is 0 Å². The zero-order chi connectivity index (χ0) is 20.3. The van der Waals surface area contributed by atoms with Crippen LogP contribution in [0.5, 0.6) is 11.5 Å². The number of anilines is 1. The number of alkyl halides is 2. The van der Waals surface area contributed by atoms with Crippen LogP contribution in [0.3, 0.4) is 0 Å². The molecule has 2 aromatic rings. The van der Waals surface area contributed by atoms with Crippen molar-refractivity contribution in [2.24, 2.45) is 0 Å². The Morgan fingerprint density at radius 1 is 1.21 bits per heavy atom. The van der Waals surface area contributed by atoms with Crippen LogP contribution < -0.4 is 14.8 Å². The van der Waals surface area contributed by atoms with E-state index < -0.39 is 6.61 Å². The number of rotatable bonds is 7. The number of ether oxygens (including phenoxy) is 2. The molecule has 0 radical (unpaired) electrons. The van der Waals surface area contributed by atoms with Gasteiger partial charge in [0.1, 0.15) is 0 Å². The maximum absolute atomic E-state index is 12.5. The van der Waals surface area contributed by atoms with Gasteiger partial charge in [0.2, 0.25) is 0 Å². The molecule has 0 spiro atoms. The SMILES string of the molecule is COc1cc(CN(C(=S)Nc2cccc(C)c2C)C2CC2)ccc1OC(F)F. The van der Waals surface area contributed by atoms with Crippen molar-refractivity contribution in [3.8, 4) is 11.5 Å². The molecule has 1 aliphatic rings. The molecule has 0 amide bonds. The van der Waals surface area contributed by atoms with Crippen LogP contribution in [0.2, 0.25) is 0 Å². The highest BCUT2D eigenvalue weighted by atomic mass is 32.1. The third-order valence-electron chi connectivity index (χ3n) is 4.89. The minimum Gasteiger partial charge on any atom is -0.493 e. The number of halogens is 2. The van der Waals surface area contributed by atoms with Gasteiger partial charge in [0, 0.05) is 18.3 Å². The zero-order valence-corrected chi connectivity index (χ0v) is 17.0. The van der Waals surface area contributed by atoms with Gasteiger partial charge < -0.3 is 19.7 Å². The second kappa shape index (κ2) is 8.73. The predicted octanol–water partition coefficient (Wildman–Crippen LogP) is 5.27. The summed E-state index contributed by atoms with van der Waals surface area (Å²) in [4.78, 5) is 2.14. The van der Waals surface area contributed by atoms with Crippen LogP contribution in [-0.2, 0) is 6.54 Å². The molecule has 0 heterocycles. The van der Waals surface area contributed by atoms with E-state index in [2.05, 4.69) is 34.9 Å². The molecular weight excluding hydrogens is 382 g/mol. The molecule has 0 unspecified atom stereocenters. The van der Waals surface area contributed by atoms with Crippen molar-refractivity contribution in [2.45, 2.75) is 45.9 Å². The lowest BCUT2D eigenvalue weighted by molar-refractivity contribution is -0.0512. The first-order chi connectivity index (χ1) is 13.4. The summed E-state index contributed by atoms with van der Waals surface area (Å²) < 4.78 is 34.7. The summed E-state index contributed by atoms with van der Waals surface area (Å²) in [6, 6.07) is 11.4. The number of hydrogen-bond donors (Lipinski definition) is 1. The molecule has 0 aromatic heterocycles. The summed E-state index contributed by atoms with van der Waals surface area (Å²) in [5.74, 6) is 0.303. The van der Waals surface area contributed by atoms with Crippen LogP contribution >= 0.6 is 12.2 Å². The van der Waals surface area contributed by atoms with Gasteiger partial charge in [0.05, 0.1) is 7.11 Å². The number of methoxy groups -OCH3 is 1. The minimum absolute atomic E-state index is 0.0234. The van der Waals surface area contributed by atoms with Crippen molar-refractivity contribution in [1.29, 1.82) is 0 Å². The number of benzene rings is 2. The van der Waals surface area contributed by atoms with E-state index in [1.807, 2.05) is 12.1 Å². The Kier molecular flexibility index (Phi) is 6.34. The first-order valence-corrected chi connectivity index (χ1v) is 9.55. The van der Waals surface area contributed by atoms with Crippen molar-refractivity contribution in [1.82, 2.24) is 4.90 Å². The summed E-state index contributed by atoms with van der Waals surface area (Å²) in [5, 5.41) is 4.02. The van der Waals surface area contributed by atoms with E-state index in [0.717, 1.165) is 29.7 Å². The molecule has 1 aliphatic carbocycles. The monoisotopic (exact) mass is 406 g/mol. The predicted molar refractivity (Wildman–Crippen MR) is 110 cm³/mol. The molecule has 2 aromatic carbocycles. The third kappa shape index (κ3) is 4.90.